The number of nitrogens with zero attached hydrogens (tertiary/aromatic N) is 1. The van der Waals surface area contributed by atoms with Crippen LogP contribution in [0.4, 0.5) is 10.5 Å². The number of carbonyl (C=O) groups excluding carboxylic acids is 1. The second kappa shape index (κ2) is 4.63. The van der Waals surface area contributed by atoms with E-state index >= 15 is 0 Å². The van der Waals surface area contributed by atoms with E-state index in [1.54, 1.807) is 0 Å². The van der Waals surface area contributed by atoms with E-state index < -0.39 is 0 Å². The minimum Gasteiger partial charge on any atom is -0.317 e. The number of benzene rings is 1. The molecular formula is C15H20N2O. The van der Waals surface area contributed by atoms with Gasteiger partial charge in [-0.05, 0) is 43.2 Å². The van der Waals surface area contributed by atoms with E-state index in [1.165, 1.54) is 18.4 Å². The van der Waals surface area contributed by atoms with Gasteiger partial charge in [0.15, 0.2) is 0 Å². The Bertz CT molecular complexity index is 450. The zero-order valence-corrected chi connectivity index (χ0v) is 10.9. The Balaban J connectivity index is 1.76. The molecule has 0 atom stereocenters. The molecule has 2 amide bonds. The largest absolute Gasteiger partial charge is 0.322 e. The molecule has 0 unspecified atom stereocenters. The SMILES string of the molecule is CC1CCC(N2Cc3ccccc3NC2=O)CC1. The van der Waals surface area contributed by atoms with Crippen molar-refractivity contribution in [3.8, 4) is 0 Å². The molecule has 1 aromatic rings. The molecule has 0 radical (unpaired) electrons. The van der Waals surface area contributed by atoms with Gasteiger partial charge in [0.2, 0.25) is 0 Å². The lowest BCUT2D eigenvalue weighted by Gasteiger charge is -2.39. The molecule has 3 nitrogen and oxygen atoms in total. The van der Waals surface area contributed by atoms with Crippen LogP contribution in [0.2, 0.25) is 0 Å². The summed E-state index contributed by atoms with van der Waals surface area (Å²) in [7, 11) is 0. The Hall–Kier alpha value is -1.51. The van der Waals surface area contributed by atoms with Crippen LogP contribution in [-0.4, -0.2) is 17.0 Å². The van der Waals surface area contributed by atoms with Gasteiger partial charge in [-0.1, -0.05) is 25.1 Å². The molecule has 1 N–H and O–H groups in total. The van der Waals surface area contributed by atoms with Crippen molar-refractivity contribution in [1.82, 2.24) is 4.90 Å². The summed E-state index contributed by atoms with van der Waals surface area (Å²) in [6, 6.07) is 8.60. The first-order chi connectivity index (χ1) is 8.74. The molecule has 1 heterocycles. The van der Waals surface area contributed by atoms with Crippen LogP contribution in [0.15, 0.2) is 24.3 Å². The summed E-state index contributed by atoms with van der Waals surface area (Å²) in [4.78, 5) is 14.2. The van der Waals surface area contributed by atoms with E-state index in [9.17, 15) is 4.79 Å². The number of urea groups is 1. The fourth-order valence-electron chi connectivity index (χ4n) is 3.07. The van der Waals surface area contributed by atoms with Crippen LogP contribution in [0.1, 0.15) is 38.2 Å². The van der Waals surface area contributed by atoms with Gasteiger partial charge >= 0.3 is 6.03 Å². The fourth-order valence-corrected chi connectivity index (χ4v) is 3.07. The molecule has 18 heavy (non-hydrogen) atoms. The Morgan fingerprint density at radius 1 is 1.17 bits per heavy atom. The number of carbonyl (C=O) groups is 1. The third-order valence-corrected chi connectivity index (χ3v) is 4.29. The number of fused-ring (bicyclic) bond motifs is 1. The molecule has 1 saturated carbocycles. The van der Waals surface area contributed by atoms with Gasteiger partial charge in [0.25, 0.3) is 0 Å². The van der Waals surface area contributed by atoms with Crippen LogP contribution in [0.25, 0.3) is 0 Å². The minimum absolute atomic E-state index is 0.0771. The van der Waals surface area contributed by atoms with E-state index in [4.69, 9.17) is 0 Å². The third kappa shape index (κ3) is 2.09. The highest BCUT2D eigenvalue weighted by atomic mass is 16.2. The maximum Gasteiger partial charge on any atom is 0.322 e. The molecule has 1 aromatic carbocycles. The third-order valence-electron chi connectivity index (χ3n) is 4.29. The average Bonchev–Trinajstić information content (AvgIpc) is 2.39. The summed E-state index contributed by atoms with van der Waals surface area (Å²) in [6.07, 6.45) is 4.79. The van der Waals surface area contributed by atoms with Crippen LogP contribution in [0.5, 0.6) is 0 Å². The first kappa shape index (κ1) is 11.6. The zero-order chi connectivity index (χ0) is 12.5. The van der Waals surface area contributed by atoms with Crippen LogP contribution in [-0.2, 0) is 6.54 Å². The van der Waals surface area contributed by atoms with Crippen LogP contribution in [0, 0.1) is 5.92 Å². The molecule has 0 spiro atoms. The average molecular weight is 244 g/mol. The van der Waals surface area contributed by atoms with E-state index in [0.29, 0.717) is 6.04 Å². The summed E-state index contributed by atoms with van der Waals surface area (Å²) >= 11 is 0. The second-order valence-corrected chi connectivity index (χ2v) is 5.63. The molecule has 2 aliphatic rings. The molecule has 0 saturated heterocycles. The molecule has 3 heteroatoms. The number of nitrogens with one attached hydrogen (secondary N) is 1. The molecule has 0 aromatic heterocycles. The van der Waals surface area contributed by atoms with Gasteiger partial charge < -0.3 is 10.2 Å². The van der Waals surface area contributed by atoms with Crippen molar-refractivity contribution in [2.75, 3.05) is 5.32 Å². The number of anilines is 1. The monoisotopic (exact) mass is 244 g/mol. The second-order valence-electron chi connectivity index (χ2n) is 5.63. The molecule has 96 valence electrons. The quantitative estimate of drug-likeness (QED) is 0.804. The molecule has 1 fully saturated rings. The van der Waals surface area contributed by atoms with Gasteiger partial charge in [0.1, 0.15) is 0 Å². The van der Waals surface area contributed by atoms with E-state index in [1.807, 2.05) is 23.1 Å². The molecular weight excluding hydrogens is 224 g/mol. The number of hydrogen-bond donors (Lipinski definition) is 1. The summed E-state index contributed by atoms with van der Waals surface area (Å²) in [5, 5.41) is 3.01. The van der Waals surface area contributed by atoms with Crippen molar-refractivity contribution in [1.29, 1.82) is 0 Å². The van der Waals surface area contributed by atoms with Gasteiger partial charge in [-0.15, -0.1) is 0 Å². The highest BCUT2D eigenvalue weighted by Gasteiger charge is 2.30. The van der Waals surface area contributed by atoms with E-state index in [-0.39, 0.29) is 6.03 Å². The lowest BCUT2D eigenvalue weighted by Crippen LogP contribution is -2.46. The Morgan fingerprint density at radius 3 is 2.67 bits per heavy atom. The molecule has 0 bridgehead atoms. The molecule has 1 aliphatic heterocycles. The van der Waals surface area contributed by atoms with Crippen molar-refractivity contribution in [2.45, 2.75) is 45.2 Å². The standard InChI is InChI=1S/C15H20N2O/c1-11-6-8-13(9-7-11)17-10-12-4-2-3-5-14(12)16-15(17)18/h2-5,11,13H,6-10H2,1H3,(H,16,18). The maximum atomic E-state index is 12.2. The summed E-state index contributed by atoms with van der Waals surface area (Å²) in [5.41, 5.74) is 2.21. The van der Waals surface area contributed by atoms with Crippen molar-refractivity contribution in [2.24, 2.45) is 5.92 Å². The van der Waals surface area contributed by atoms with Gasteiger partial charge in [-0.25, -0.2) is 4.79 Å². The summed E-state index contributed by atoms with van der Waals surface area (Å²) in [5.74, 6) is 0.821. The van der Waals surface area contributed by atoms with E-state index in [2.05, 4.69) is 18.3 Å². The smallest absolute Gasteiger partial charge is 0.317 e. The Morgan fingerprint density at radius 2 is 1.89 bits per heavy atom. The summed E-state index contributed by atoms with van der Waals surface area (Å²) in [6.45, 7) is 3.07. The highest BCUT2D eigenvalue weighted by molar-refractivity contribution is 5.92. The van der Waals surface area contributed by atoms with Gasteiger partial charge in [0, 0.05) is 18.3 Å². The number of amides is 2. The van der Waals surface area contributed by atoms with Gasteiger partial charge in [-0.3, -0.25) is 0 Å². The molecule has 1 aliphatic carbocycles. The van der Waals surface area contributed by atoms with Crippen molar-refractivity contribution in [3.05, 3.63) is 29.8 Å². The number of hydrogen-bond acceptors (Lipinski definition) is 1. The Kier molecular flexibility index (Phi) is 2.98. The topological polar surface area (TPSA) is 32.3 Å². The van der Waals surface area contributed by atoms with Crippen molar-refractivity contribution < 1.29 is 4.79 Å². The van der Waals surface area contributed by atoms with Crippen molar-refractivity contribution in [3.63, 3.8) is 0 Å². The van der Waals surface area contributed by atoms with Gasteiger partial charge in [-0.2, -0.15) is 0 Å². The fraction of sp³-hybridized carbons (Fsp3) is 0.533. The number of rotatable bonds is 1. The van der Waals surface area contributed by atoms with E-state index in [0.717, 1.165) is 31.0 Å². The molecule has 3 rings (SSSR count). The van der Waals surface area contributed by atoms with Crippen LogP contribution < -0.4 is 5.32 Å². The first-order valence-electron chi connectivity index (χ1n) is 6.89. The lowest BCUT2D eigenvalue weighted by atomic mass is 9.86. The zero-order valence-electron chi connectivity index (χ0n) is 10.9. The first-order valence-corrected chi connectivity index (χ1v) is 6.89. The van der Waals surface area contributed by atoms with Crippen LogP contribution in [0.3, 0.4) is 0 Å². The maximum absolute atomic E-state index is 12.2. The minimum atomic E-state index is 0.0771. The highest BCUT2D eigenvalue weighted by Crippen LogP contribution is 2.31. The van der Waals surface area contributed by atoms with Gasteiger partial charge in [0.05, 0.1) is 0 Å². The summed E-state index contributed by atoms with van der Waals surface area (Å²) < 4.78 is 0. The number of para-hydroxylation sites is 1. The Labute approximate surface area is 108 Å². The van der Waals surface area contributed by atoms with Crippen molar-refractivity contribution >= 4 is 11.7 Å². The normalized spacial score (nSPS) is 27.6. The predicted molar refractivity (Wildman–Crippen MR) is 72.4 cm³/mol. The lowest BCUT2D eigenvalue weighted by molar-refractivity contribution is 0.149. The predicted octanol–water partition coefficient (Wildman–Crippen LogP) is 3.61. The van der Waals surface area contributed by atoms with Crippen LogP contribution >= 0.6 is 0 Å².